The normalized spacial score (nSPS) is 9.21. The number of aryl methyl sites for hydroxylation is 1. The number of nitrogens with zero attached hydrogens (tertiary/aromatic N) is 2. The molecule has 0 aliphatic carbocycles. The zero-order valence-electron chi connectivity index (χ0n) is 7.60. The molecule has 0 aromatic carbocycles. The quantitative estimate of drug-likeness (QED) is 0.611. The standard InChI is InChI=1S/C8H11N3O2.Pd/c1-11-5-4-10-8(11)6(12)2-3-7(9)13;/h4-5H,2-3H2,1H3,(H2,9,13);/p-1. The second-order valence-corrected chi connectivity index (χ2v) is 2.71. The Labute approximate surface area is 95.3 Å². The molecule has 1 N–H and O–H groups in total. The van der Waals surface area contributed by atoms with E-state index in [2.05, 4.69) is 4.98 Å². The fraction of sp³-hybridized carbons (Fsp3) is 0.375. The van der Waals surface area contributed by atoms with Crippen LogP contribution in [-0.4, -0.2) is 21.2 Å². The molecule has 6 heteroatoms. The number of hydrogen-bond donors (Lipinski definition) is 0. The van der Waals surface area contributed by atoms with Gasteiger partial charge >= 0.3 is 0 Å². The van der Waals surface area contributed by atoms with Crippen molar-refractivity contribution in [3.63, 3.8) is 0 Å². The molecule has 0 spiro atoms. The van der Waals surface area contributed by atoms with E-state index in [1.165, 1.54) is 6.20 Å². The van der Waals surface area contributed by atoms with Gasteiger partial charge in [-0.3, -0.25) is 4.79 Å². The van der Waals surface area contributed by atoms with Crippen molar-refractivity contribution in [3.05, 3.63) is 24.0 Å². The third-order valence-electron chi connectivity index (χ3n) is 1.65. The van der Waals surface area contributed by atoms with Crippen molar-refractivity contribution < 1.29 is 30.0 Å². The van der Waals surface area contributed by atoms with Crippen LogP contribution in [0.5, 0.6) is 0 Å². The van der Waals surface area contributed by atoms with E-state index >= 15 is 0 Å². The maximum absolute atomic E-state index is 11.3. The van der Waals surface area contributed by atoms with E-state index in [0.717, 1.165) is 0 Å². The van der Waals surface area contributed by atoms with E-state index in [4.69, 9.17) is 5.73 Å². The monoisotopic (exact) mass is 286 g/mol. The number of nitrogens with one attached hydrogen (secondary N) is 1. The van der Waals surface area contributed by atoms with Crippen LogP contribution in [0, 0.1) is 0 Å². The van der Waals surface area contributed by atoms with Gasteiger partial charge in [0.05, 0.1) is 0 Å². The van der Waals surface area contributed by atoms with Gasteiger partial charge < -0.3 is 15.1 Å². The number of ketones is 1. The minimum atomic E-state index is -0.720. The van der Waals surface area contributed by atoms with Crippen LogP contribution in [-0.2, 0) is 32.3 Å². The predicted octanol–water partition coefficient (Wildman–Crippen LogP) is 0.959. The third-order valence-corrected chi connectivity index (χ3v) is 1.65. The van der Waals surface area contributed by atoms with Crippen LogP contribution in [0.1, 0.15) is 23.5 Å². The molecule has 1 amide bonds. The second-order valence-electron chi connectivity index (χ2n) is 2.71. The Hall–Kier alpha value is -0.988. The van der Waals surface area contributed by atoms with Gasteiger partial charge in [0.25, 0.3) is 0 Å². The molecule has 0 fully saturated rings. The topological polar surface area (TPSA) is 75.8 Å². The van der Waals surface area contributed by atoms with Crippen LogP contribution in [0.4, 0.5) is 0 Å². The number of amides is 1. The molecule has 1 aromatic rings. The molecule has 0 aliphatic heterocycles. The first-order valence-corrected chi connectivity index (χ1v) is 3.86. The molecule has 1 rings (SSSR count). The summed E-state index contributed by atoms with van der Waals surface area (Å²) in [5.74, 6) is -0.586. The van der Waals surface area contributed by atoms with Gasteiger partial charge in [0.15, 0.2) is 11.6 Å². The molecular formula is C8H10N3O2Pd-. The maximum Gasteiger partial charge on any atom is 0.198 e. The number of imidazole rings is 1. The average Bonchev–Trinajstić information content (AvgIpc) is 2.47. The average molecular weight is 287 g/mol. The molecule has 0 aliphatic rings. The smallest absolute Gasteiger partial charge is 0.198 e. The fourth-order valence-corrected chi connectivity index (χ4v) is 0.973. The van der Waals surface area contributed by atoms with Crippen molar-refractivity contribution >= 4 is 11.7 Å². The number of hydrogen-bond acceptors (Lipinski definition) is 3. The Morgan fingerprint density at radius 3 is 2.57 bits per heavy atom. The van der Waals surface area contributed by atoms with Crippen LogP contribution in [0.25, 0.3) is 5.73 Å². The van der Waals surface area contributed by atoms with Crippen molar-refractivity contribution in [2.75, 3.05) is 0 Å². The Bertz CT molecular complexity index is 335. The van der Waals surface area contributed by atoms with E-state index in [1.807, 2.05) is 0 Å². The summed E-state index contributed by atoms with van der Waals surface area (Å²) in [7, 11) is 1.71. The number of aromatic nitrogens is 2. The van der Waals surface area contributed by atoms with Crippen LogP contribution < -0.4 is 0 Å². The van der Waals surface area contributed by atoms with Crippen LogP contribution >= 0.6 is 0 Å². The summed E-state index contributed by atoms with van der Waals surface area (Å²) in [6.45, 7) is 0. The first-order chi connectivity index (χ1) is 6.11. The summed E-state index contributed by atoms with van der Waals surface area (Å²) < 4.78 is 1.59. The molecule has 14 heavy (non-hydrogen) atoms. The van der Waals surface area contributed by atoms with E-state index in [1.54, 1.807) is 17.8 Å². The van der Waals surface area contributed by atoms with Gasteiger partial charge in [-0.05, 0) is 6.42 Å². The van der Waals surface area contributed by atoms with Gasteiger partial charge in [-0.2, -0.15) is 0 Å². The minimum Gasteiger partial charge on any atom is -0.668 e. The Morgan fingerprint density at radius 1 is 1.50 bits per heavy atom. The molecular weight excluding hydrogens is 277 g/mol. The largest absolute Gasteiger partial charge is 0.668 e. The van der Waals surface area contributed by atoms with E-state index in [-0.39, 0.29) is 39.0 Å². The predicted molar refractivity (Wildman–Crippen MR) is 46.1 cm³/mol. The molecule has 0 saturated heterocycles. The van der Waals surface area contributed by atoms with E-state index in [0.29, 0.717) is 5.82 Å². The van der Waals surface area contributed by atoms with Crippen molar-refractivity contribution in [1.82, 2.24) is 9.55 Å². The molecule has 1 heterocycles. The number of Topliss-reactive ketones (excluding diaryl/α,β-unsaturated/α-hetero) is 1. The summed E-state index contributed by atoms with van der Waals surface area (Å²) in [6, 6.07) is 0. The molecule has 5 nitrogen and oxygen atoms in total. The molecule has 0 bridgehead atoms. The molecule has 0 saturated carbocycles. The van der Waals surface area contributed by atoms with Crippen LogP contribution in [0.2, 0.25) is 0 Å². The molecule has 0 atom stereocenters. The van der Waals surface area contributed by atoms with E-state index in [9.17, 15) is 9.59 Å². The fourth-order valence-electron chi connectivity index (χ4n) is 0.973. The second kappa shape index (κ2) is 5.68. The van der Waals surface area contributed by atoms with E-state index < -0.39 is 5.91 Å². The Kier molecular flexibility index (Phi) is 5.28. The first-order valence-electron chi connectivity index (χ1n) is 3.86. The molecule has 0 radical (unpaired) electrons. The Balaban J connectivity index is 0.00000169. The number of rotatable bonds is 4. The summed E-state index contributed by atoms with van der Waals surface area (Å²) in [5, 5.41) is 0. The number of carbonyl (C=O) groups is 2. The first kappa shape index (κ1) is 13.0. The van der Waals surface area contributed by atoms with Crippen LogP contribution in [0.15, 0.2) is 12.4 Å². The van der Waals surface area contributed by atoms with Crippen LogP contribution in [0.3, 0.4) is 0 Å². The van der Waals surface area contributed by atoms with Gasteiger partial charge in [0.2, 0.25) is 0 Å². The van der Waals surface area contributed by atoms with Crippen molar-refractivity contribution in [2.45, 2.75) is 12.8 Å². The van der Waals surface area contributed by atoms with Gasteiger partial charge in [-0.15, -0.1) is 0 Å². The third kappa shape index (κ3) is 3.40. The minimum absolute atomic E-state index is 0. The summed E-state index contributed by atoms with van der Waals surface area (Å²) in [6.07, 6.45) is 3.21. The molecule has 80 valence electrons. The van der Waals surface area contributed by atoms with Gasteiger partial charge in [0, 0.05) is 52.2 Å². The summed E-state index contributed by atoms with van der Waals surface area (Å²) in [4.78, 5) is 25.4. The SMILES string of the molecule is Cn1ccnc1C(=O)CCC([NH-])=O.[Pd]. The zero-order chi connectivity index (χ0) is 9.84. The van der Waals surface area contributed by atoms with Gasteiger partial charge in [-0.1, -0.05) is 0 Å². The van der Waals surface area contributed by atoms with Crippen molar-refractivity contribution in [3.8, 4) is 0 Å². The zero-order valence-corrected chi connectivity index (χ0v) is 9.15. The van der Waals surface area contributed by atoms with Crippen molar-refractivity contribution in [2.24, 2.45) is 7.05 Å². The number of carbonyl (C=O) groups excluding carboxylic acids is 2. The van der Waals surface area contributed by atoms with Gasteiger partial charge in [0.1, 0.15) is 0 Å². The Morgan fingerprint density at radius 2 is 2.14 bits per heavy atom. The van der Waals surface area contributed by atoms with Gasteiger partial charge in [-0.25, -0.2) is 4.98 Å². The summed E-state index contributed by atoms with van der Waals surface area (Å²) >= 11 is 0. The maximum atomic E-state index is 11.3. The van der Waals surface area contributed by atoms with Crippen molar-refractivity contribution in [1.29, 1.82) is 0 Å². The summed E-state index contributed by atoms with van der Waals surface area (Å²) in [5.41, 5.74) is 6.63. The molecule has 0 unspecified atom stereocenters. The molecule has 1 aromatic heterocycles.